The number of rotatable bonds is 3. The number of pyridine rings is 1. The number of aromatic nitrogens is 3. The van der Waals surface area contributed by atoms with Crippen LogP contribution in [0.5, 0.6) is 0 Å². The number of fused-ring (bicyclic) bond motifs is 1. The van der Waals surface area contributed by atoms with Gasteiger partial charge in [-0.1, -0.05) is 6.07 Å². The van der Waals surface area contributed by atoms with Crippen LogP contribution in [0.4, 0.5) is 0 Å². The van der Waals surface area contributed by atoms with Crippen LogP contribution in [0.2, 0.25) is 0 Å². The average molecular weight is 243 g/mol. The lowest BCUT2D eigenvalue weighted by molar-refractivity contribution is -0.136. The van der Waals surface area contributed by atoms with Gasteiger partial charge in [-0.3, -0.25) is 14.5 Å². The van der Waals surface area contributed by atoms with Gasteiger partial charge < -0.3 is 5.11 Å². The zero-order valence-corrected chi connectivity index (χ0v) is 9.83. The Morgan fingerprint density at radius 3 is 3.11 bits per heavy atom. The lowest BCUT2D eigenvalue weighted by atomic mass is 10.0. The highest BCUT2D eigenvalue weighted by atomic mass is 16.4. The molecule has 5 heteroatoms. The van der Waals surface area contributed by atoms with Crippen LogP contribution in [0, 0.1) is 0 Å². The molecule has 92 valence electrons. The highest BCUT2D eigenvalue weighted by Gasteiger charge is 2.23. The first-order chi connectivity index (χ1) is 8.75. The third-order valence-electron chi connectivity index (χ3n) is 3.18. The van der Waals surface area contributed by atoms with E-state index in [1.165, 1.54) is 0 Å². The van der Waals surface area contributed by atoms with E-state index < -0.39 is 5.97 Å². The Morgan fingerprint density at radius 2 is 2.39 bits per heavy atom. The second kappa shape index (κ2) is 4.25. The van der Waals surface area contributed by atoms with Crippen molar-refractivity contribution in [2.24, 2.45) is 0 Å². The molecular weight excluding hydrogens is 230 g/mol. The summed E-state index contributed by atoms with van der Waals surface area (Å²) >= 11 is 0. The van der Waals surface area contributed by atoms with Gasteiger partial charge in [0.05, 0.1) is 12.1 Å². The third-order valence-corrected chi connectivity index (χ3v) is 3.18. The monoisotopic (exact) mass is 243 g/mol. The van der Waals surface area contributed by atoms with Gasteiger partial charge in [0.2, 0.25) is 0 Å². The molecule has 0 amide bonds. The van der Waals surface area contributed by atoms with Crippen LogP contribution in [0.1, 0.15) is 17.8 Å². The van der Waals surface area contributed by atoms with Gasteiger partial charge in [0.25, 0.3) is 0 Å². The second-order valence-corrected chi connectivity index (χ2v) is 4.41. The Morgan fingerprint density at radius 1 is 1.50 bits per heavy atom. The molecule has 0 aromatic carbocycles. The molecule has 0 spiro atoms. The van der Waals surface area contributed by atoms with Gasteiger partial charge in [-0.2, -0.15) is 5.10 Å². The highest BCUT2D eigenvalue weighted by molar-refractivity contribution is 5.76. The molecule has 5 nitrogen and oxygen atoms in total. The Bertz CT molecular complexity index is 590. The lowest BCUT2D eigenvalue weighted by Crippen LogP contribution is -2.03. The van der Waals surface area contributed by atoms with Crippen molar-refractivity contribution < 1.29 is 9.90 Å². The minimum Gasteiger partial charge on any atom is -0.481 e. The summed E-state index contributed by atoms with van der Waals surface area (Å²) in [7, 11) is 0. The molecule has 1 aliphatic rings. The van der Waals surface area contributed by atoms with Crippen molar-refractivity contribution >= 4 is 5.97 Å². The number of hydrogen-bond acceptors (Lipinski definition) is 3. The fourth-order valence-corrected chi connectivity index (χ4v) is 2.50. The summed E-state index contributed by atoms with van der Waals surface area (Å²) in [6, 6.07) is 3.81. The summed E-state index contributed by atoms with van der Waals surface area (Å²) in [5, 5.41) is 13.4. The van der Waals surface area contributed by atoms with Crippen LogP contribution in [-0.2, 0) is 24.2 Å². The summed E-state index contributed by atoms with van der Waals surface area (Å²) < 4.78 is 1.93. The molecule has 0 bridgehead atoms. The van der Waals surface area contributed by atoms with Crippen LogP contribution in [0.3, 0.4) is 0 Å². The van der Waals surface area contributed by atoms with E-state index in [1.54, 1.807) is 12.4 Å². The molecule has 0 aliphatic carbocycles. The first-order valence-corrected chi connectivity index (χ1v) is 5.96. The first-order valence-electron chi connectivity index (χ1n) is 5.96. The summed E-state index contributed by atoms with van der Waals surface area (Å²) in [5.74, 6) is -0.850. The average Bonchev–Trinajstić information content (AvgIpc) is 2.89. The standard InChI is InChI=1S/C13H13N3O2/c17-12(18)7-10-13(9-3-1-5-14-8-9)11-4-2-6-16(11)15-10/h1,3,5,8H,2,4,6-7H2,(H,17,18). The van der Waals surface area contributed by atoms with Gasteiger partial charge >= 0.3 is 5.97 Å². The SMILES string of the molecule is O=C(O)Cc1nn2c(c1-c1cccnc1)CCC2. The number of aryl methyl sites for hydroxylation is 1. The van der Waals surface area contributed by atoms with E-state index in [0.717, 1.165) is 36.2 Å². The van der Waals surface area contributed by atoms with Crippen LogP contribution in [-0.4, -0.2) is 25.8 Å². The van der Waals surface area contributed by atoms with Gasteiger partial charge in [-0.25, -0.2) is 0 Å². The molecule has 0 atom stereocenters. The molecule has 0 radical (unpaired) electrons. The zero-order valence-electron chi connectivity index (χ0n) is 9.83. The molecule has 2 aromatic heterocycles. The summed E-state index contributed by atoms with van der Waals surface area (Å²) in [6.07, 6.45) is 5.47. The molecule has 1 N–H and O–H groups in total. The van der Waals surface area contributed by atoms with Crippen molar-refractivity contribution in [1.82, 2.24) is 14.8 Å². The van der Waals surface area contributed by atoms with Crippen molar-refractivity contribution in [1.29, 1.82) is 0 Å². The van der Waals surface area contributed by atoms with Gasteiger partial charge in [-0.05, 0) is 18.9 Å². The maximum atomic E-state index is 10.9. The number of carboxylic acid groups (broad SMARTS) is 1. The van der Waals surface area contributed by atoms with Crippen LogP contribution < -0.4 is 0 Å². The van der Waals surface area contributed by atoms with Crippen LogP contribution in [0.15, 0.2) is 24.5 Å². The fraction of sp³-hybridized carbons (Fsp3) is 0.308. The van der Waals surface area contributed by atoms with E-state index in [4.69, 9.17) is 5.11 Å². The Hall–Kier alpha value is -2.17. The van der Waals surface area contributed by atoms with Gasteiger partial charge in [-0.15, -0.1) is 0 Å². The Balaban J connectivity index is 2.13. The topological polar surface area (TPSA) is 68.0 Å². The summed E-state index contributed by atoms with van der Waals surface area (Å²) in [5.41, 5.74) is 3.70. The lowest BCUT2D eigenvalue weighted by Gasteiger charge is -2.02. The highest BCUT2D eigenvalue weighted by Crippen LogP contribution is 2.31. The molecule has 0 unspecified atom stereocenters. The number of hydrogen-bond donors (Lipinski definition) is 1. The third kappa shape index (κ3) is 1.77. The number of carboxylic acids is 1. The summed E-state index contributed by atoms with van der Waals surface area (Å²) in [4.78, 5) is 15.0. The number of nitrogens with zero attached hydrogens (tertiary/aromatic N) is 3. The van der Waals surface area contributed by atoms with E-state index in [0.29, 0.717) is 5.69 Å². The van der Waals surface area contributed by atoms with E-state index in [2.05, 4.69) is 10.1 Å². The van der Waals surface area contributed by atoms with Gasteiger partial charge in [0, 0.05) is 35.8 Å². The van der Waals surface area contributed by atoms with E-state index in [9.17, 15) is 4.79 Å². The maximum Gasteiger partial charge on any atom is 0.309 e. The van der Waals surface area contributed by atoms with E-state index in [1.807, 2.05) is 16.8 Å². The fourth-order valence-electron chi connectivity index (χ4n) is 2.50. The number of aliphatic carboxylic acids is 1. The van der Waals surface area contributed by atoms with Crippen molar-refractivity contribution in [3.05, 3.63) is 35.9 Å². The largest absolute Gasteiger partial charge is 0.481 e. The molecule has 2 aromatic rings. The predicted molar refractivity (Wildman–Crippen MR) is 65.1 cm³/mol. The summed E-state index contributed by atoms with van der Waals surface area (Å²) in [6.45, 7) is 0.877. The second-order valence-electron chi connectivity index (χ2n) is 4.41. The van der Waals surface area contributed by atoms with Crippen molar-refractivity contribution in [3.8, 4) is 11.1 Å². The predicted octanol–water partition coefficient (Wildman–Crippen LogP) is 1.52. The molecule has 1 aliphatic heterocycles. The molecule has 3 heterocycles. The molecule has 18 heavy (non-hydrogen) atoms. The van der Waals surface area contributed by atoms with E-state index >= 15 is 0 Å². The zero-order chi connectivity index (χ0) is 12.5. The molecule has 3 rings (SSSR count). The first kappa shape index (κ1) is 11.0. The molecule has 0 saturated carbocycles. The molecule has 0 fully saturated rings. The van der Waals surface area contributed by atoms with Crippen molar-refractivity contribution in [2.45, 2.75) is 25.8 Å². The van der Waals surface area contributed by atoms with Gasteiger partial charge in [0.15, 0.2) is 0 Å². The molecule has 0 saturated heterocycles. The normalized spacial score (nSPS) is 13.6. The van der Waals surface area contributed by atoms with Crippen molar-refractivity contribution in [2.75, 3.05) is 0 Å². The van der Waals surface area contributed by atoms with Crippen LogP contribution >= 0.6 is 0 Å². The van der Waals surface area contributed by atoms with Crippen LogP contribution in [0.25, 0.3) is 11.1 Å². The molecular formula is C13H13N3O2. The minimum absolute atomic E-state index is 0.0375. The van der Waals surface area contributed by atoms with E-state index in [-0.39, 0.29) is 6.42 Å². The quantitative estimate of drug-likeness (QED) is 0.887. The van der Waals surface area contributed by atoms with Gasteiger partial charge in [0.1, 0.15) is 0 Å². The van der Waals surface area contributed by atoms with Crippen molar-refractivity contribution in [3.63, 3.8) is 0 Å². The maximum absolute atomic E-state index is 10.9. The Labute approximate surface area is 104 Å². The smallest absolute Gasteiger partial charge is 0.309 e. The number of carbonyl (C=O) groups is 1. The Kier molecular flexibility index (Phi) is 2.59. The minimum atomic E-state index is -0.850.